The molecule has 0 aliphatic rings. The van der Waals surface area contributed by atoms with Crippen LogP contribution in [0.5, 0.6) is 0 Å². The van der Waals surface area contributed by atoms with Crippen LogP contribution in [-0.2, 0) is 0 Å². The van der Waals surface area contributed by atoms with Gasteiger partial charge in [-0.3, -0.25) is 4.98 Å². The van der Waals surface area contributed by atoms with Crippen molar-refractivity contribution in [1.29, 1.82) is 0 Å². The molecule has 0 fully saturated rings. The lowest BCUT2D eigenvalue weighted by atomic mass is 10.2. The lowest BCUT2D eigenvalue weighted by Crippen LogP contribution is -2.24. The van der Waals surface area contributed by atoms with Crippen LogP contribution in [0, 0.1) is 0 Å². The number of aromatic nitrogens is 1. The van der Waals surface area contributed by atoms with Crippen LogP contribution in [0.15, 0.2) is 30.6 Å². The maximum Gasteiger partial charge on any atom is 0.0343 e. The van der Waals surface area contributed by atoms with Gasteiger partial charge in [0.25, 0.3) is 0 Å². The van der Waals surface area contributed by atoms with E-state index < -0.39 is 0 Å². The van der Waals surface area contributed by atoms with Crippen LogP contribution < -0.4 is 10.4 Å². The standard InChI is InChI=1S/C12H15N/c1-4-10(3)8-12-6-7-13-9-11(12)5-2/h5-9H,3-4H2,1-2H3/b11-5-,12-8-. The molecule has 0 amide bonds. The molecule has 0 aromatic carbocycles. The molecule has 0 aliphatic heterocycles. The molecular weight excluding hydrogens is 158 g/mol. The molecule has 0 atom stereocenters. The van der Waals surface area contributed by atoms with Crippen molar-refractivity contribution in [2.75, 3.05) is 0 Å². The van der Waals surface area contributed by atoms with E-state index in [1.54, 1.807) is 0 Å². The predicted molar refractivity (Wildman–Crippen MR) is 57.5 cm³/mol. The van der Waals surface area contributed by atoms with Crippen molar-refractivity contribution in [3.8, 4) is 0 Å². The quantitative estimate of drug-likeness (QED) is 0.662. The molecule has 0 aliphatic carbocycles. The van der Waals surface area contributed by atoms with E-state index in [1.807, 2.05) is 25.4 Å². The summed E-state index contributed by atoms with van der Waals surface area (Å²) in [6, 6.07) is 2.01. The molecule has 68 valence electrons. The lowest BCUT2D eigenvalue weighted by Gasteiger charge is -1.92. The first kappa shape index (κ1) is 9.72. The molecule has 0 unspecified atom stereocenters. The third-order valence-electron chi connectivity index (χ3n) is 2.01. The normalized spacial score (nSPS) is 13.4. The van der Waals surface area contributed by atoms with Crippen LogP contribution >= 0.6 is 0 Å². The molecule has 0 bridgehead atoms. The summed E-state index contributed by atoms with van der Waals surface area (Å²) in [5.41, 5.74) is 1.15. The maximum atomic E-state index is 4.07. The zero-order chi connectivity index (χ0) is 9.68. The number of pyridine rings is 1. The smallest absolute Gasteiger partial charge is 0.0343 e. The van der Waals surface area contributed by atoms with Gasteiger partial charge >= 0.3 is 0 Å². The van der Waals surface area contributed by atoms with E-state index in [9.17, 15) is 0 Å². The summed E-state index contributed by atoms with van der Waals surface area (Å²) in [6.07, 6.45) is 8.83. The van der Waals surface area contributed by atoms with Crippen molar-refractivity contribution in [3.63, 3.8) is 0 Å². The van der Waals surface area contributed by atoms with Gasteiger partial charge in [0.2, 0.25) is 0 Å². The third-order valence-corrected chi connectivity index (χ3v) is 2.01. The Morgan fingerprint density at radius 2 is 2.31 bits per heavy atom. The maximum absolute atomic E-state index is 4.07. The Kier molecular flexibility index (Phi) is 3.44. The number of allylic oxidation sites excluding steroid dienone is 1. The Morgan fingerprint density at radius 1 is 1.54 bits per heavy atom. The van der Waals surface area contributed by atoms with Gasteiger partial charge in [-0.1, -0.05) is 31.2 Å². The highest BCUT2D eigenvalue weighted by atomic mass is 14.6. The minimum absolute atomic E-state index is 0.992. The highest BCUT2D eigenvalue weighted by molar-refractivity contribution is 5.45. The molecule has 0 radical (unpaired) electrons. The summed E-state index contributed by atoms with van der Waals surface area (Å²) < 4.78 is 0. The van der Waals surface area contributed by atoms with Gasteiger partial charge in [-0.15, -0.1) is 0 Å². The molecule has 1 heteroatoms. The van der Waals surface area contributed by atoms with Crippen LogP contribution in [0.3, 0.4) is 0 Å². The molecule has 13 heavy (non-hydrogen) atoms. The number of hydrogen-bond donors (Lipinski definition) is 0. The molecule has 0 spiro atoms. The summed E-state index contributed by atoms with van der Waals surface area (Å²) in [6.45, 7) is 8.08. The van der Waals surface area contributed by atoms with E-state index in [1.165, 1.54) is 5.22 Å². The SMILES string of the molecule is C=C(/C=c1/ccnc/c1=C/C)CC. The van der Waals surface area contributed by atoms with Gasteiger partial charge in [-0.05, 0) is 29.8 Å². The zero-order valence-corrected chi connectivity index (χ0v) is 8.25. The first-order chi connectivity index (χ1) is 6.27. The van der Waals surface area contributed by atoms with E-state index in [-0.39, 0.29) is 0 Å². The molecule has 1 aromatic rings. The predicted octanol–water partition coefficient (Wildman–Crippen LogP) is 1.63. The van der Waals surface area contributed by atoms with Gasteiger partial charge < -0.3 is 0 Å². The molecule has 0 saturated carbocycles. The van der Waals surface area contributed by atoms with Crippen molar-refractivity contribution in [3.05, 3.63) is 41.0 Å². The van der Waals surface area contributed by atoms with Gasteiger partial charge in [0.1, 0.15) is 0 Å². The average molecular weight is 173 g/mol. The van der Waals surface area contributed by atoms with Crippen LogP contribution in [0.1, 0.15) is 20.3 Å². The Morgan fingerprint density at radius 3 is 2.92 bits per heavy atom. The van der Waals surface area contributed by atoms with E-state index in [2.05, 4.69) is 30.6 Å². The second-order valence-corrected chi connectivity index (χ2v) is 2.95. The largest absolute Gasteiger partial charge is 0.264 e. The fraction of sp³-hybridized carbons (Fsp3) is 0.250. The molecule has 1 nitrogen and oxygen atoms in total. The first-order valence-corrected chi connectivity index (χ1v) is 4.53. The minimum Gasteiger partial charge on any atom is -0.264 e. The van der Waals surface area contributed by atoms with Crippen molar-refractivity contribution in [1.82, 2.24) is 4.98 Å². The number of hydrogen-bond acceptors (Lipinski definition) is 1. The molecule has 0 N–H and O–H groups in total. The van der Waals surface area contributed by atoms with E-state index >= 15 is 0 Å². The summed E-state index contributed by atoms with van der Waals surface area (Å²) in [5.74, 6) is 0. The van der Waals surface area contributed by atoms with Gasteiger partial charge in [-0.25, -0.2) is 0 Å². The monoisotopic (exact) mass is 173 g/mol. The van der Waals surface area contributed by atoms with Crippen molar-refractivity contribution in [2.24, 2.45) is 0 Å². The average Bonchev–Trinajstić information content (AvgIpc) is 2.18. The summed E-state index contributed by atoms with van der Waals surface area (Å²) >= 11 is 0. The van der Waals surface area contributed by atoms with Gasteiger partial charge in [0, 0.05) is 12.4 Å². The van der Waals surface area contributed by atoms with Crippen LogP contribution in [0.4, 0.5) is 0 Å². The zero-order valence-electron chi connectivity index (χ0n) is 8.25. The lowest BCUT2D eigenvalue weighted by molar-refractivity contribution is 1.17. The van der Waals surface area contributed by atoms with E-state index in [0.717, 1.165) is 17.2 Å². The first-order valence-electron chi connectivity index (χ1n) is 4.53. The van der Waals surface area contributed by atoms with Crippen LogP contribution in [0.25, 0.3) is 12.2 Å². The topological polar surface area (TPSA) is 12.9 Å². The molecular formula is C12H15N. The molecule has 1 heterocycles. The Hall–Kier alpha value is -1.37. The van der Waals surface area contributed by atoms with Crippen molar-refractivity contribution >= 4 is 12.2 Å². The highest BCUT2D eigenvalue weighted by Crippen LogP contribution is 1.95. The second kappa shape index (κ2) is 4.61. The minimum atomic E-state index is 0.992. The Bertz CT molecular complexity index is 401. The van der Waals surface area contributed by atoms with Crippen LogP contribution in [0.2, 0.25) is 0 Å². The second-order valence-electron chi connectivity index (χ2n) is 2.95. The fourth-order valence-electron chi connectivity index (χ4n) is 1.11. The van der Waals surface area contributed by atoms with Crippen molar-refractivity contribution in [2.45, 2.75) is 20.3 Å². The summed E-state index contributed by atoms with van der Waals surface area (Å²) in [4.78, 5) is 4.07. The number of rotatable bonds is 2. The van der Waals surface area contributed by atoms with Gasteiger partial charge in [0.05, 0.1) is 0 Å². The number of nitrogens with zero attached hydrogens (tertiary/aromatic N) is 1. The van der Waals surface area contributed by atoms with E-state index in [4.69, 9.17) is 0 Å². The summed E-state index contributed by atoms with van der Waals surface area (Å²) in [7, 11) is 0. The van der Waals surface area contributed by atoms with Crippen molar-refractivity contribution < 1.29 is 0 Å². The van der Waals surface area contributed by atoms with E-state index in [0.29, 0.717) is 0 Å². The highest BCUT2D eigenvalue weighted by Gasteiger charge is 1.85. The Labute approximate surface area is 79.1 Å². The third kappa shape index (κ3) is 2.55. The summed E-state index contributed by atoms with van der Waals surface area (Å²) in [5, 5.41) is 2.36. The van der Waals surface area contributed by atoms with Gasteiger partial charge in [-0.2, -0.15) is 0 Å². The van der Waals surface area contributed by atoms with Crippen LogP contribution in [-0.4, -0.2) is 4.98 Å². The molecule has 1 aromatic heterocycles. The Balaban J connectivity index is 3.29. The fourth-order valence-corrected chi connectivity index (χ4v) is 1.11. The molecule has 1 rings (SSSR count). The molecule has 0 saturated heterocycles. The van der Waals surface area contributed by atoms with Gasteiger partial charge in [0.15, 0.2) is 0 Å².